The Morgan fingerprint density at radius 1 is 1.25 bits per heavy atom. The fraction of sp³-hybridized carbons (Fsp3) is 0.400. The van der Waals surface area contributed by atoms with E-state index in [1.165, 1.54) is 18.3 Å². The number of nitrogens with one attached hydrogen (secondary N) is 2. The number of pyridine rings is 1. The topological polar surface area (TPSA) is 91.6 Å². The van der Waals surface area contributed by atoms with Crippen molar-refractivity contribution in [2.45, 2.75) is 32.0 Å². The number of fused-ring (bicyclic) bond motifs is 1. The zero-order chi connectivity index (χ0) is 22.7. The molecular weight excluding hydrogens is 445 g/mol. The minimum absolute atomic E-state index is 0.0109. The van der Waals surface area contributed by atoms with Crippen LogP contribution in [0.3, 0.4) is 0 Å². The zero-order valence-corrected chi connectivity index (χ0v) is 17.8. The van der Waals surface area contributed by atoms with Gasteiger partial charge in [0.05, 0.1) is 28.7 Å². The van der Waals surface area contributed by atoms with Gasteiger partial charge in [0.25, 0.3) is 5.91 Å². The lowest BCUT2D eigenvalue weighted by Crippen LogP contribution is -2.67. The Morgan fingerprint density at radius 2 is 2.00 bits per heavy atom. The summed E-state index contributed by atoms with van der Waals surface area (Å²) in [6.07, 6.45) is 1.02. The predicted molar refractivity (Wildman–Crippen MR) is 111 cm³/mol. The fourth-order valence-electron chi connectivity index (χ4n) is 4.46. The van der Waals surface area contributed by atoms with Crippen molar-refractivity contribution in [2.75, 3.05) is 18.4 Å². The summed E-state index contributed by atoms with van der Waals surface area (Å²) < 4.78 is 40.3. The highest BCUT2D eigenvalue weighted by Crippen LogP contribution is 2.48. The molecule has 2 N–H and O–H groups in total. The van der Waals surface area contributed by atoms with E-state index in [9.17, 15) is 22.8 Å². The molecule has 3 amide bonds. The summed E-state index contributed by atoms with van der Waals surface area (Å²) >= 11 is 1.46. The van der Waals surface area contributed by atoms with Crippen molar-refractivity contribution in [2.24, 2.45) is 5.41 Å². The van der Waals surface area contributed by atoms with Gasteiger partial charge in [-0.1, -0.05) is 0 Å². The summed E-state index contributed by atoms with van der Waals surface area (Å²) in [5.41, 5.74) is -0.0192. The van der Waals surface area contributed by atoms with Crippen molar-refractivity contribution in [3.63, 3.8) is 0 Å². The first-order valence-corrected chi connectivity index (χ1v) is 10.8. The summed E-state index contributed by atoms with van der Waals surface area (Å²) in [7, 11) is 0. The van der Waals surface area contributed by atoms with E-state index in [0.717, 1.165) is 17.1 Å². The second kappa shape index (κ2) is 7.19. The maximum absolute atomic E-state index is 12.9. The standard InChI is InChI=1S/C20H19F3N6O2S/c1-11-15(4-12(7-24-11)20(21,22)23)27-18(31)26-13-5-19(6-13)9-28(10-19)16(30)14-8-25-29-2-3-32-17(14)29/h2-4,7-8,13H,5-6,9-10H2,1H3,(H2,26,27,31). The average Bonchev–Trinajstić information content (AvgIpc) is 3.26. The van der Waals surface area contributed by atoms with Crippen molar-refractivity contribution in [1.82, 2.24) is 24.8 Å². The first-order valence-electron chi connectivity index (χ1n) is 9.95. The molecule has 0 atom stereocenters. The van der Waals surface area contributed by atoms with Crippen LogP contribution in [0.1, 0.15) is 34.5 Å². The van der Waals surface area contributed by atoms with Crippen molar-refractivity contribution in [1.29, 1.82) is 0 Å². The van der Waals surface area contributed by atoms with Gasteiger partial charge in [-0.15, -0.1) is 11.3 Å². The molecule has 1 aliphatic carbocycles. The van der Waals surface area contributed by atoms with E-state index in [0.29, 0.717) is 37.2 Å². The van der Waals surface area contributed by atoms with E-state index in [1.807, 2.05) is 5.38 Å². The lowest BCUT2D eigenvalue weighted by Gasteiger charge is -2.58. The Kier molecular flexibility index (Phi) is 4.66. The number of anilines is 1. The maximum Gasteiger partial charge on any atom is 0.417 e. The molecule has 12 heteroatoms. The number of urea groups is 1. The number of likely N-dealkylation sites (tertiary alicyclic amines) is 1. The fourth-order valence-corrected chi connectivity index (χ4v) is 5.24. The van der Waals surface area contributed by atoms with Crippen LogP contribution in [0.5, 0.6) is 0 Å². The lowest BCUT2D eigenvalue weighted by molar-refractivity contribution is -0.137. The highest BCUT2D eigenvalue weighted by atomic mass is 32.1. The van der Waals surface area contributed by atoms with E-state index in [2.05, 4.69) is 20.7 Å². The van der Waals surface area contributed by atoms with Gasteiger partial charge in [0.1, 0.15) is 4.83 Å². The van der Waals surface area contributed by atoms with Gasteiger partial charge < -0.3 is 15.5 Å². The van der Waals surface area contributed by atoms with Gasteiger partial charge in [0.15, 0.2) is 0 Å². The molecule has 4 heterocycles. The molecule has 3 aromatic heterocycles. The molecule has 168 valence electrons. The van der Waals surface area contributed by atoms with Crippen LogP contribution in [0.15, 0.2) is 30.0 Å². The number of carbonyl (C=O) groups is 2. The second-order valence-corrected chi connectivity index (χ2v) is 9.33. The van der Waals surface area contributed by atoms with Crippen LogP contribution in [0.2, 0.25) is 0 Å². The number of amides is 3. The molecule has 1 spiro atoms. The van der Waals surface area contributed by atoms with Crippen molar-refractivity contribution in [3.8, 4) is 0 Å². The summed E-state index contributed by atoms with van der Waals surface area (Å²) in [6, 6.07) is 0.216. The third-order valence-electron chi connectivity index (χ3n) is 6.06. The van der Waals surface area contributed by atoms with Gasteiger partial charge >= 0.3 is 12.2 Å². The number of thiazole rings is 1. The Bertz CT molecular complexity index is 1210. The van der Waals surface area contributed by atoms with Crippen molar-refractivity contribution in [3.05, 3.63) is 46.9 Å². The molecule has 0 bridgehead atoms. The van der Waals surface area contributed by atoms with E-state index >= 15 is 0 Å². The first kappa shape index (κ1) is 20.7. The molecule has 5 rings (SSSR count). The number of nitrogens with zero attached hydrogens (tertiary/aromatic N) is 4. The van der Waals surface area contributed by atoms with E-state index in [4.69, 9.17) is 0 Å². The normalized spacial score (nSPS) is 17.8. The third kappa shape index (κ3) is 3.57. The second-order valence-electron chi connectivity index (χ2n) is 8.43. The zero-order valence-electron chi connectivity index (χ0n) is 16.9. The Labute approximate surface area is 184 Å². The Hall–Kier alpha value is -3.15. The molecule has 1 aliphatic heterocycles. The molecule has 1 saturated carbocycles. The first-order chi connectivity index (χ1) is 15.1. The van der Waals surface area contributed by atoms with Crippen molar-refractivity contribution >= 4 is 33.8 Å². The molecule has 3 aromatic rings. The van der Waals surface area contributed by atoms with Crippen molar-refractivity contribution < 1.29 is 22.8 Å². The van der Waals surface area contributed by atoms with Gasteiger partial charge in [-0.3, -0.25) is 9.78 Å². The van der Waals surface area contributed by atoms with Crippen LogP contribution in [0, 0.1) is 12.3 Å². The molecule has 0 unspecified atom stereocenters. The minimum Gasteiger partial charge on any atom is -0.337 e. The molecule has 0 aromatic carbocycles. The van der Waals surface area contributed by atoms with Crippen LogP contribution in [-0.4, -0.2) is 50.6 Å². The highest BCUT2D eigenvalue weighted by Gasteiger charge is 2.54. The number of alkyl halides is 3. The van der Waals surface area contributed by atoms with Gasteiger partial charge in [-0.05, 0) is 25.8 Å². The van der Waals surface area contributed by atoms with Crippen LogP contribution in [0.25, 0.3) is 4.83 Å². The number of carbonyl (C=O) groups excluding carboxylic acids is 2. The average molecular weight is 464 g/mol. The summed E-state index contributed by atoms with van der Waals surface area (Å²) in [6.45, 7) is 2.76. The monoisotopic (exact) mass is 464 g/mol. The quantitative estimate of drug-likeness (QED) is 0.620. The number of rotatable bonds is 3. The SMILES string of the molecule is Cc1ncc(C(F)(F)F)cc1NC(=O)NC1CC2(C1)CN(C(=O)c1cnn3ccsc13)C2. The molecule has 8 nitrogen and oxygen atoms in total. The van der Waals surface area contributed by atoms with E-state index < -0.39 is 17.8 Å². The van der Waals surface area contributed by atoms with Crippen LogP contribution in [-0.2, 0) is 6.18 Å². The minimum atomic E-state index is -4.53. The molecular formula is C20H19F3N6O2S. The highest BCUT2D eigenvalue weighted by molar-refractivity contribution is 7.15. The molecule has 0 radical (unpaired) electrons. The van der Waals surface area contributed by atoms with Gasteiger partial charge in [-0.2, -0.15) is 18.3 Å². The number of aromatic nitrogens is 3. The molecule has 32 heavy (non-hydrogen) atoms. The smallest absolute Gasteiger partial charge is 0.337 e. The number of hydrogen-bond donors (Lipinski definition) is 2. The maximum atomic E-state index is 12.9. The van der Waals surface area contributed by atoms with Crippen LogP contribution in [0.4, 0.5) is 23.7 Å². The largest absolute Gasteiger partial charge is 0.417 e. The Morgan fingerprint density at radius 3 is 2.72 bits per heavy atom. The summed E-state index contributed by atoms with van der Waals surface area (Å²) in [4.78, 5) is 31.3. The molecule has 1 saturated heterocycles. The molecule has 2 aliphatic rings. The van der Waals surface area contributed by atoms with Gasteiger partial charge in [0, 0.05) is 42.3 Å². The van der Waals surface area contributed by atoms with Gasteiger partial charge in [0.2, 0.25) is 0 Å². The number of aryl methyl sites for hydroxylation is 1. The predicted octanol–water partition coefficient (Wildman–Crippen LogP) is 3.54. The van der Waals surface area contributed by atoms with E-state index in [-0.39, 0.29) is 23.1 Å². The number of hydrogen-bond acceptors (Lipinski definition) is 5. The van der Waals surface area contributed by atoms with Crippen LogP contribution >= 0.6 is 11.3 Å². The third-order valence-corrected chi connectivity index (χ3v) is 6.95. The Balaban J connectivity index is 1.13. The van der Waals surface area contributed by atoms with E-state index in [1.54, 1.807) is 21.8 Å². The molecule has 2 fully saturated rings. The summed E-state index contributed by atoms with van der Waals surface area (Å²) in [5, 5.41) is 11.3. The number of halogens is 3. The summed E-state index contributed by atoms with van der Waals surface area (Å²) in [5.74, 6) is -0.0465. The lowest BCUT2D eigenvalue weighted by atomic mass is 9.60. The van der Waals surface area contributed by atoms with Crippen LogP contribution < -0.4 is 10.6 Å². The van der Waals surface area contributed by atoms with Gasteiger partial charge in [-0.25, -0.2) is 9.31 Å².